The van der Waals surface area contributed by atoms with Gasteiger partial charge in [-0.2, -0.15) is 0 Å². The minimum Gasteiger partial charge on any atom is -0.497 e. The van der Waals surface area contributed by atoms with Crippen molar-refractivity contribution >= 4 is 23.5 Å². The molecule has 3 saturated heterocycles. The second-order valence-corrected chi connectivity index (χ2v) is 8.85. The molecule has 1 N–H and O–H groups in total. The molecule has 9 nitrogen and oxygen atoms in total. The average Bonchev–Trinajstić information content (AvgIpc) is 3.48. The van der Waals surface area contributed by atoms with E-state index in [9.17, 15) is 19.5 Å². The van der Waals surface area contributed by atoms with Crippen molar-refractivity contribution in [2.24, 2.45) is 11.8 Å². The summed E-state index contributed by atoms with van der Waals surface area (Å²) in [5.41, 5.74) is -0.466. The Morgan fingerprint density at radius 1 is 1.35 bits per heavy atom. The maximum Gasteiger partial charge on any atom is 0.312 e. The molecule has 2 amide bonds. The molecule has 1 aromatic carbocycles. The van der Waals surface area contributed by atoms with E-state index in [0.717, 1.165) is 0 Å². The van der Waals surface area contributed by atoms with Gasteiger partial charge in [-0.15, -0.1) is 6.58 Å². The van der Waals surface area contributed by atoms with Gasteiger partial charge in [0.25, 0.3) is 5.91 Å². The number of esters is 1. The Morgan fingerprint density at radius 3 is 2.71 bits per heavy atom. The quantitative estimate of drug-likeness (QED) is 0.407. The largest absolute Gasteiger partial charge is 0.497 e. The molecule has 0 aromatic heterocycles. The number of likely N-dealkylation sites (tertiary alicyclic amines) is 1. The van der Waals surface area contributed by atoms with E-state index in [-0.39, 0.29) is 38.1 Å². The van der Waals surface area contributed by atoms with Crippen LogP contribution in [0, 0.1) is 11.8 Å². The highest BCUT2D eigenvalue weighted by Crippen LogP contribution is 2.58. The molecule has 0 aliphatic carbocycles. The number of amides is 2. The zero-order chi connectivity index (χ0) is 24.5. The van der Waals surface area contributed by atoms with Crippen LogP contribution in [0.1, 0.15) is 26.2 Å². The van der Waals surface area contributed by atoms with E-state index in [1.807, 2.05) is 0 Å². The summed E-state index contributed by atoms with van der Waals surface area (Å²) in [5.74, 6) is -1.90. The van der Waals surface area contributed by atoms with Gasteiger partial charge in [0.1, 0.15) is 17.4 Å². The van der Waals surface area contributed by atoms with Crippen molar-refractivity contribution in [1.29, 1.82) is 0 Å². The molecule has 0 saturated carbocycles. The fourth-order valence-electron chi connectivity index (χ4n) is 5.78. The highest BCUT2D eigenvalue weighted by Gasteiger charge is 2.75. The van der Waals surface area contributed by atoms with Gasteiger partial charge in [-0.1, -0.05) is 6.08 Å². The highest BCUT2D eigenvalue weighted by molar-refractivity contribution is 6.04. The normalized spacial score (nSPS) is 29.1. The van der Waals surface area contributed by atoms with Gasteiger partial charge in [-0.05, 0) is 50.5 Å². The van der Waals surface area contributed by atoms with E-state index in [0.29, 0.717) is 30.7 Å². The van der Waals surface area contributed by atoms with Crippen molar-refractivity contribution in [3.05, 3.63) is 36.9 Å². The van der Waals surface area contributed by atoms with Crippen LogP contribution < -0.4 is 9.64 Å². The number of benzene rings is 1. The SMILES string of the molecule is C=CCN(C(=O)C1N(CCCO)C(=O)[C@@H]2[C@H](C(=O)OCC)[C@@H]3CCC12O3)c1ccc(OC)cc1. The van der Waals surface area contributed by atoms with Gasteiger partial charge < -0.3 is 29.1 Å². The second kappa shape index (κ2) is 9.76. The number of aliphatic hydroxyl groups is 1. The molecule has 184 valence electrons. The molecule has 34 heavy (non-hydrogen) atoms. The molecular formula is C25H32N2O7. The van der Waals surface area contributed by atoms with Gasteiger partial charge in [0.15, 0.2) is 0 Å². The standard InChI is InChI=1S/C25H32N2O7/c1-4-13-26(16-7-9-17(32-3)10-8-16)23(30)21-25-12-11-18(34-25)19(24(31)33-5-2)20(25)22(29)27(21)14-6-15-28/h4,7-10,18-21,28H,1,5-6,11-15H2,2-3H3/t18-,19+,20-,21?,25?/m0/s1. The monoisotopic (exact) mass is 472 g/mol. The average molecular weight is 473 g/mol. The Kier molecular flexibility index (Phi) is 6.95. The Hall–Kier alpha value is -2.91. The molecule has 2 unspecified atom stereocenters. The summed E-state index contributed by atoms with van der Waals surface area (Å²) in [4.78, 5) is 43.7. The second-order valence-electron chi connectivity index (χ2n) is 8.85. The predicted octanol–water partition coefficient (Wildman–Crippen LogP) is 1.53. The zero-order valence-electron chi connectivity index (χ0n) is 19.6. The van der Waals surface area contributed by atoms with E-state index in [1.165, 1.54) is 4.90 Å². The van der Waals surface area contributed by atoms with E-state index < -0.39 is 35.6 Å². The van der Waals surface area contributed by atoms with Crippen molar-refractivity contribution in [2.45, 2.75) is 43.9 Å². The summed E-state index contributed by atoms with van der Waals surface area (Å²) in [6.07, 6.45) is 2.57. The molecule has 3 aliphatic rings. The Morgan fingerprint density at radius 2 is 2.09 bits per heavy atom. The maximum atomic E-state index is 14.1. The van der Waals surface area contributed by atoms with Crippen molar-refractivity contribution in [2.75, 3.05) is 38.3 Å². The number of carbonyl (C=O) groups is 3. The minimum atomic E-state index is -1.10. The lowest BCUT2D eigenvalue weighted by Crippen LogP contribution is -2.56. The molecule has 9 heteroatoms. The minimum absolute atomic E-state index is 0.123. The summed E-state index contributed by atoms with van der Waals surface area (Å²) >= 11 is 0. The number of nitrogens with zero attached hydrogens (tertiary/aromatic N) is 2. The first-order valence-electron chi connectivity index (χ1n) is 11.8. The number of fused-ring (bicyclic) bond motifs is 1. The van der Waals surface area contributed by atoms with Crippen LogP contribution in [0.3, 0.4) is 0 Å². The van der Waals surface area contributed by atoms with Crippen LogP contribution in [0.15, 0.2) is 36.9 Å². The Labute approximate surface area is 199 Å². The lowest BCUT2D eigenvalue weighted by molar-refractivity contribution is -0.154. The summed E-state index contributed by atoms with van der Waals surface area (Å²) < 4.78 is 16.9. The molecule has 3 fully saturated rings. The molecule has 3 heterocycles. The number of methoxy groups -OCH3 is 1. The van der Waals surface area contributed by atoms with Crippen LogP contribution >= 0.6 is 0 Å². The fourth-order valence-corrected chi connectivity index (χ4v) is 5.78. The summed E-state index contributed by atoms with van der Waals surface area (Å²) in [5, 5.41) is 9.44. The van der Waals surface area contributed by atoms with Crippen LogP contribution in [-0.4, -0.2) is 79.0 Å². The summed E-state index contributed by atoms with van der Waals surface area (Å²) in [6.45, 7) is 6.02. The van der Waals surface area contributed by atoms with Crippen LogP contribution in [0.25, 0.3) is 0 Å². The number of rotatable bonds is 10. The number of hydrogen-bond donors (Lipinski definition) is 1. The zero-order valence-corrected chi connectivity index (χ0v) is 19.6. The topological polar surface area (TPSA) is 106 Å². The van der Waals surface area contributed by atoms with Crippen molar-refractivity contribution in [1.82, 2.24) is 4.90 Å². The lowest BCUT2D eigenvalue weighted by Gasteiger charge is -2.36. The smallest absolute Gasteiger partial charge is 0.312 e. The first-order valence-corrected chi connectivity index (χ1v) is 11.8. The van der Waals surface area contributed by atoms with Crippen LogP contribution in [0.4, 0.5) is 5.69 Å². The van der Waals surface area contributed by atoms with E-state index in [4.69, 9.17) is 14.2 Å². The first kappa shape index (κ1) is 24.2. The molecule has 1 spiro atoms. The van der Waals surface area contributed by atoms with Crippen LogP contribution in [-0.2, 0) is 23.9 Å². The third kappa shape index (κ3) is 3.76. The number of ether oxygens (including phenoxy) is 3. The summed E-state index contributed by atoms with van der Waals surface area (Å²) in [7, 11) is 1.57. The molecule has 2 bridgehead atoms. The van der Waals surface area contributed by atoms with E-state index in [1.54, 1.807) is 49.3 Å². The van der Waals surface area contributed by atoms with Gasteiger partial charge in [0.2, 0.25) is 5.91 Å². The van der Waals surface area contributed by atoms with E-state index >= 15 is 0 Å². The molecule has 3 aliphatic heterocycles. The Balaban J connectivity index is 1.74. The van der Waals surface area contributed by atoms with Gasteiger partial charge in [-0.25, -0.2) is 0 Å². The van der Waals surface area contributed by atoms with Crippen molar-refractivity contribution in [3.8, 4) is 5.75 Å². The third-order valence-electron chi connectivity index (χ3n) is 7.11. The number of hydrogen-bond acceptors (Lipinski definition) is 7. The molecule has 0 radical (unpaired) electrons. The van der Waals surface area contributed by atoms with Gasteiger partial charge >= 0.3 is 5.97 Å². The first-order chi connectivity index (χ1) is 16.4. The fraction of sp³-hybridized carbons (Fsp3) is 0.560. The van der Waals surface area contributed by atoms with Gasteiger partial charge in [-0.3, -0.25) is 14.4 Å². The predicted molar refractivity (Wildman–Crippen MR) is 123 cm³/mol. The highest BCUT2D eigenvalue weighted by atomic mass is 16.6. The van der Waals surface area contributed by atoms with Crippen LogP contribution in [0.2, 0.25) is 0 Å². The Bertz CT molecular complexity index is 949. The number of aliphatic hydroxyl groups excluding tert-OH is 1. The van der Waals surface area contributed by atoms with Crippen LogP contribution in [0.5, 0.6) is 5.75 Å². The molecule has 1 aromatic rings. The summed E-state index contributed by atoms with van der Waals surface area (Å²) in [6, 6.07) is 6.16. The molecular weight excluding hydrogens is 440 g/mol. The van der Waals surface area contributed by atoms with Crippen molar-refractivity contribution < 1.29 is 33.7 Å². The molecule has 5 atom stereocenters. The maximum absolute atomic E-state index is 14.1. The lowest BCUT2D eigenvalue weighted by atomic mass is 9.70. The van der Waals surface area contributed by atoms with E-state index in [2.05, 4.69) is 6.58 Å². The third-order valence-corrected chi connectivity index (χ3v) is 7.11. The molecule has 4 rings (SSSR count). The number of carbonyl (C=O) groups excluding carboxylic acids is 3. The van der Waals surface area contributed by atoms with Gasteiger partial charge in [0, 0.05) is 25.4 Å². The van der Waals surface area contributed by atoms with Crippen molar-refractivity contribution in [3.63, 3.8) is 0 Å². The van der Waals surface area contributed by atoms with Gasteiger partial charge in [0.05, 0.1) is 31.7 Å². The number of anilines is 1.